The molecular formula is C20H28N6O. The molecule has 3 rings (SSSR count). The third-order valence-electron chi connectivity index (χ3n) is 4.60. The maximum atomic E-state index is 12.0. The van der Waals surface area contributed by atoms with E-state index >= 15 is 0 Å². The van der Waals surface area contributed by atoms with Crippen LogP contribution in [-0.2, 0) is 0 Å². The number of carbonyl (C=O) groups excluding carboxylic acids is 1. The van der Waals surface area contributed by atoms with Gasteiger partial charge in [-0.15, -0.1) is 0 Å². The largest absolute Gasteiger partial charge is 0.372 e. The molecule has 1 aliphatic rings. The second-order valence-electron chi connectivity index (χ2n) is 7.07. The van der Waals surface area contributed by atoms with Gasteiger partial charge in [-0.2, -0.15) is 0 Å². The molecule has 0 radical (unpaired) electrons. The highest BCUT2D eigenvalue weighted by molar-refractivity contribution is 5.93. The average Bonchev–Trinajstić information content (AvgIpc) is 2.69. The summed E-state index contributed by atoms with van der Waals surface area (Å²) in [5, 5.41) is 6.03. The third kappa shape index (κ3) is 5.65. The summed E-state index contributed by atoms with van der Waals surface area (Å²) in [5.41, 5.74) is 2.64. The zero-order valence-electron chi connectivity index (χ0n) is 16.1. The lowest BCUT2D eigenvalue weighted by Crippen LogP contribution is -2.31. The van der Waals surface area contributed by atoms with E-state index in [9.17, 15) is 4.79 Å². The van der Waals surface area contributed by atoms with Crippen molar-refractivity contribution < 1.29 is 4.79 Å². The average molecular weight is 368 g/mol. The first kappa shape index (κ1) is 19.1. The second-order valence-corrected chi connectivity index (χ2v) is 7.07. The number of amides is 1. The Kier molecular flexibility index (Phi) is 6.59. The van der Waals surface area contributed by atoms with E-state index in [2.05, 4.69) is 37.6 Å². The van der Waals surface area contributed by atoms with Crippen LogP contribution in [0.25, 0.3) is 0 Å². The van der Waals surface area contributed by atoms with Crippen molar-refractivity contribution in [2.24, 2.45) is 0 Å². The lowest BCUT2D eigenvalue weighted by molar-refractivity contribution is 0.0950. The summed E-state index contributed by atoms with van der Waals surface area (Å²) in [6.07, 6.45) is 6.95. The summed E-state index contributed by atoms with van der Waals surface area (Å²) in [4.78, 5) is 25.0. The van der Waals surface area contributed by atoms with E-state index in [1.807, 2.05) is 31.1 Å². The van der Waals surface area contributed by atoms with E-state index in [0.29, 0.717) is 18.1 Å². The zero-order chi connectivity index (χ0) is 19.1. The Balaban J connectivity index is 1.54. The van der Waals surface area contributed by atoms with Crippen molar-refractivity contribution in [1.29, 1.82) is 0 Å². The molecule has 2 aromatic rings. The van der Waals surface area contributed by atoms with Crippen LogP contribution in [0, 0.1) is 0 Å². The van der Waals surface area contributed by atoms with Gasteiger partial charge in [0.1, 0.15) is 0 Å². The first-order valence-electron chi connectivity index (χ1n) is 9.49. The standard InChI is InChI=1S/C20H28N6O/c1-25(2)13-10-21-19(27)16-14-22-20(23-15-16)24-17-6-8-18(9-7-17)26-11-4-3-5-12-26/h6-9,14-15H,3-5,10-13H2,1-2H3,(H,21,27)(H,22,23,24). The molecule has 27 heavy (non-hydrogen) atoms. The third-order valence-corrected chi connectivity index (χ3v) is 4.60. The summed E-state index contributed by atoms with van der Waals surface area (Å²) in [6.45, 7) is 3.65. The molecule has 1 amide bonds. The molecule has 1 aromatic heterocycles. The van der Waals surface area contributed by atoms with Crippen molar-refractivity contribution in [1.82, 2.24) is 20.2 Å². The molecule has 0 atom stereocenters. The van der Waals surface area contributed by atoms with Crippen molar-refractivity contribution in [2.75, 3.05) is 50.5 Å². The van der Waals surface area contributed by atoms with Crippen molar-refractivity contribution in [2.45, 2.75) is 19.3 Å². The predicted molar refractivity (Wildman–Crippen MR) is 109 cm³/mol. The van der Waals surface area contributed by atoms with Crippen LogP contribution in [0.1, 0.15) is 29.6 Å². The normalized spacial score (nSPS) is 14.3. The van der Waals surface area contributed by atoms with Gasteiger partial charge in [-0.1, -0.05) is 0 Å². The smallest absolute Gasteiger partial charge is 0.254 e. The topological polar surface area (TPSA) is 73.4 Å². The molecule has 0 unspecified atom stereocenters. The first-order chi connectivity index (χ1) is 13.1. The Hall–Kier alpha value is -2.67. The van der Waals surface area contributed by atoms with Gasteiger partial charge in [0, 0.05) is 49.9 Å². The molecule has 1 fully saturated rings. The molecule has 1 aliphatic heterocycles. The summed E-state index contributed by atoms with van der Waals surface area (Å²) in [5.74, 6) is 0.319. The number of likely N-dealkylation sites (N-methyl/N-ethyl adjacent to an activating group) is 1. The lowest BCUT2D eigenvalue weighted by Gasteiger charge is -2.28. The molecule has 0 aliphatic carbocycles. The van der Waals surface area contributed by atoms with Gasteiger partial charge in [0.2, 0.25) is 5.95 Å². The number of hydrogen-bond donors (Lipinski definition) is 2. The maximum Gasteiger partial charge on any atom is 0.254 e. The van der Waals surface area contributed by atoms with Crippen LogP contribution >= 0.6 is 0 Å². The molecule has 0 saturated carbocycles. The fourth-order valence-corrected chi connectivity index (χ4v) is 3.04. The number of hydrogen-bond acceptors (Lipinski definition) is 6. The predicted octanol–water partition coefficient (Wildman–Crippen LogP) is 2.50. The molecule has 2 heterocycles. The molecular weight excluding hydrogens is 340 g/mol. The van der Waals surface area contributed by atoms with Gasteiger partial charge in [-0.3, -0.25) is 4.79 Å². The number of benzene rings is 1. The molecule has 0 spiro atoms. The fourth-order valence-electron chi connectivity index (χ4n) is 3.04. The van der Waals surface area contributed by atoms with Gasteiger partial charge in [0.05, 0.1) is 5.56 Å². The Morgan fingerprint density at radius 1 is 1.07 bits per heavy atom. The van der Waals surface area contributed by atoms with E-state index in [-0.39, 0.29) is 5.91 Å². The Bertz CT molecular complexity index is 723. The van der Waals surface area contributed by atoms with Gasteiger partial charge in [0.25, 0.3) is 5.91 Å². The number of nitrogens with zero attached hydrogens (tertiary/aromatic N) is 4. The van der Waals surface area contributed by atoms with Gasteiger partial charge in [0.15, 0.2) is 0 Å². The maximum absolute atomic E-state index is 12.0. The number of anilines is 3. The highest BCUT2D eigenvalue weighted by atomic mass is 16.1. The van der Waals surface area contributed by atoms with Crippen molar-refractivity contribution in [3.05, 3.63) is 42.2 Å². The Morgan fingerprint density at radius 2 is 1.74 bits per heavy atom. The zero-order valence-corrected chi connectivity index (χ0v) is 16.1. The summed E-state index contributed by atoms with van der Waals surface area (Å²) in [7, 11) is 3.93. The second kappa shape index (κ2) is 9.32. The summed E-state index contributed by atoms with van der Waals surface area (Å²) < 4.78 is 0. The Morgan fingerprint density at radius 3 is 2.37 bits per heavy atom. The van der Waals surface area contributed by atoms with Gasteiger partial charge < -0.3 is 20.4 Å². The van der Waals surface area contributed by atoms with Crippen molar-refractivity contribution in [3.8, 4) is 0 Å². The van der Waals surface area contributed by atoms with Gasteiger partial charge in [-0.25, -0.2) is 9.97 Å². The van der Waals surface area contributed by atoms with Gasteiger partial charge in [-0.05, 0) is 57.6 Å². The quantitative estimate of drug-likeness (QED) is 0.782. The molecule has 2 N–H and O–H groups in total. The molecule has 0 bridgehead atoms. The number of rotatable bonds is 7. The fraction of sp³-hybridized carbons (Fsp3) is 0.450. The number of carbonyl (C=O) groups is 1. The van der Waals surface area contributed by atoms with E-state index in [1.165, 1.54) is 24.9 Å². The minimum absolute atomic E-state index is 0.158. The number of nitrogens with one attached hydrogen (secondary N) is 2. The number of piperidine rings is 1. The van der Waals surface area contributed by atoms with Crippen LogP contribution in [0.15, 0.2) is 36.7 Å². The minimum atomic E-state index is -0.158. The highest BCUT2D eigenvalue weighted by Crippen LogP contribution is 2.22. The summed E-state index contributed by atoms with van der Waals surface area (Å²) >= 11 is 0. The molecule has 7 nitrogen and oxygen atoms in total. The van der Waals surface area contributed by atoms with Crippen LogP contribution in [-0.4, -0.2) is 61.0 Å². The minimum Gasteiger partial charge on any atom is -0.372 e. The van der Waals surface area contributed by atoms with Crippen LogP contribution in [0.5, 0.6) is 0 Å². The van der Waals surface area contributed by atoms with E-state index in [1.54, 1.807) is 12.4 Å². The van der Waals surface area contributed by atoms with Crippen LogP contribution < -0.4 is 15.5 Å². The van der Waals surface area contributed by atoms with Crippen molar-refractivity contribution >= 4 is 23.2 Å². The van der Waals surface area contributed by atoms with E-state index < -0.39 is 0 Å². The van der Waals surface area contributed by atoms with E-state index in [4.69, 9.17) is 0 Å². The number of aromatic nitrogens is 2. The van der Waals surface area contributed by atoms with Crippen LogP contribution in [0.4, 0.5) is 17.3 Å². The summed E-state index contributed by atoms with van der Waals surface area (Å²) in [6, 6.07) is 8.32. The molecule has 144 valence electrons. The monoisotopic (exact) mass is 368 g/mol. The Labute approximate surface area is 160 Å². The van der Waals surface area contributed by atoms with Crippen LogP contribution in [0.2, 0.25) is 0 Å². The first-order valence-corrected chi connectivity index (χ1v) is 9.49. The van der Waals surface area contributed by atoms with E-state index in [0.717, 1.165) is 25.3 Å². The highest BCUT2D eigenvalue weighted by Gasteiger charge is 2.11. The van der Waals surface area contributed by atoms with Crippen LogP contribution in [0.3, 0.4) is 0 Å². The molecule has 1 aromatic carbocycles. The van der Waals surface area contributed by atoms with Crippen molar-refractivity contribution in [3.63, 3.8) is 0 Å². The SMILES string of the molecule is CN(C)CCNC(=O)c1cnc(Nc2ccc(N3CCCCC3)cc2)nc1. The van der Waals surface area contributed by atoms with Gasteiger partial charge >= 0.3 is 0 Å². The molecule has 1 saturated heterocycles. The lowest BCUT2D eigenvalue weighted by atomic mass is 10.1. The molecule has 7 heteroatoms.